The summed E-state index contributed by atoms with van der Waals surface area (Å²) in [7, 11) is 1.73. The highest BCUT2D eigenvalue weighted by atomic mass is 79.9. The van der Waals surface area contributed by atoms with Gasteiger partial charge in [0.15, 0.2) is 0 Å². The van der Waals surface area contributed by atoms with Crippen LogP contribution in [0, 0.1) is 5.92 Å². The molecule has 0 spiro atoms. The second kappa shape index (κ2) is 7.75. The minimum Gasteiger partial charge on any atom is -0.382 e. The Morgan fingerprint density at radius 1 is 1.35 bits per heavy atom. The fraction of sp³-hybridized carbons (Fsp3) is 1.00. The van der Waals surface area contributed by atoms with Crippen LogP contribution in [-0.4, -0.2) is 30.8 Å². The third-order valence-corrected chi connectivity index (χ3v) is 4.83. The van der Waals surface area contributed by atoms with Crippen LogP contribution < -0.4 is 0 Å². The number of rotatable bonds is 7. The van der Waals surface area contributed by atoms with Crippen LogP contribution in [0.5, 0.6) is 0 Å². The first-order valence-electron chi connectivity index (χ1n) is 6.88. The average Bonchev–Trinajstić information content (AvgIpc) is 2.32. The normalized spacial score (nSPS) is 31.4. The fourth-order valence-corrected chi connectivity index (χ4v) is 3.57. The molecule has 102 valence electrons. The van der Waals surface area contributed by atoms with Crippen LogP contribution in [0.4, 0.5) is 0 Å². The lowest BCUT2D eigenvalue weighted by atomic mass is 9.78. The van der Waals surface area contributed by atoms with Gasteiger partial charge in [0.2, 0.25) is 0 Å². The number of alkyl halides is 1. The maximum absolute atomic E-state index is 6.22. The molecule has 1 aliphatic rings. The van der Waals surface area contributed by atoms with Crippen molar-refractivity contribution < 1.29 is 9.47 Å². The van der Waals surface area contributed by atoms with Crippen LogP contribution in [0.15, 0.2) is 0 Å². The van der Waals surface area contributed by atoms with E-state index in [-0.39, 0.29) is 11.7 Å². The first kappa shape index (κ1) is 15.5. The van der Waals surface area contributed by atoms with Gasteiger partial charge in [-0.15, -0.1) is 0 Å². The summed E-state index contributed by atoms with van der Waals surface area (Å²) in [5.74, 6) is 0.925. The Labute approximate surface area is 115 Å². The van der Waals surface area contributed by atoms with Gasteiger partial charge in [-0.2, -0.15) is 0 Å². The molecule has 0 aromatic carbocycles. The molecule has 1 unspecified atom stereocenters. The second-order valence-electron chi connectivity index (χ2n) is 5.43. The zero-order chi connectivity index (χ0) is 12.7. The molecule has 1 rings (SSSR count). The Bertz CT molecular complexity index is 200. The summed E-state index contributed by atoms with van der Waals surface area (Å²) in [5.41, 5.74) is 0.0577. The third-order valence-electron chi connectivity index (χ3n) is 3.81. The molecule has 1 aliphatic carbocycles. The topological polar surface area (TPSA) is 18.5 Å². The van der Waals surface area contributed by atoms with E-state index in [1.54, 1.807) is 7.11 Å². The van der Waals surface area contributed by atoms with Crippen molar-refractivity contribution in [1.82, 2.24) is 0 Å². The molecule has 2 nitrogen and oxygen atoms in total. The third kappa shape index (κ3) is 4.88. The predicted octanol–water partition coefficient (Wildman–Crippen LogP) is 4.16. The van der Waals surface area contributed by atoms with Gasteiger partial charge in [0, 0.05) is 12.4 Å². The van der Waals surface area contributed by atoms with E-state index < -0.39 is 0 Å². The largest absolute Gasteiger partial charge is 0.382 e. The summed E-state index contributed by atoms with van der Waals surface area (Å²) in [6, 6.07) is 0. The standard InChI is InChI=1S/C14H27BrO2/c1-4-5-13-6-8-14(11-15,9-7-13)17-12(2)10-16-3/h12-13H,4-11H2,1-3H3. The highest BCUT2D eigenvalue weighted by molar-refractivity contribution is 9.09. The lowest BCUT2D eigenvalue weighted by Crippen LogP contribution is -2.42. The Hall–Kier alpha value is 0.400. The molecule has 1 fully saturated rings. The van der Waals surface area contributed by atoms with Crippen molar-refractivity contribution in [1.29, 1.82) is 0 Å². The van der Waals surface area contributed by atoms with Crippen molar-refractivity contribution in [3.8, 4) is 0 Å². The molecule has 3 heteroatoms. The van der Waals surface area contributed by atoms with Gasteiger partial charge in [0.25, 0.3) is 0 Å². The van der Waals surface area contributed by atoms with E-state index in [2.05, 4.69) is 29.8 Å². The monoisotopic (exact) mass is 306 g/mol. The zero-order valence-corrected chi connectivity index (χ0v) is 13.1. The van der Waals surface area contributed by atoms with Crippen LogP contribution in [-0.2, 0) is 9.47 Å². The number of ether oxygens (including phenoxy) is 2. The van der Waals surface area contributed by atoms with Gasteiger partial charge in [-0.05, 0) is 38.5 Å². The lowest BCUT2D eigenvalue weighted by molar-refractivity contribution is -0.116. The van der Waals surface area contributed by atoms with E-state index in [1.165, 1.54) is 38.5 Å². The Balaban J connectivity index is 2.43. The quantitative estimate of drug-likeness (QED) is 0.658. The lowest BCUT2D eigenvalue weighted by Gasteiger charge is -2.40. The van der Waals surface area contributed by atoms with Gasteiger partial charge in [-0.3, -0.25) is 0 Å². The van der Waals surface area contributed by atoms with Crippen molar-refractivity contribution in [3.63, 3.8) is 0 Å². The minimum absolute atomic E-state index is 0.0577. The molecular weight excluding hydrogens is 280 g/mol. The van der Waals surface area contributed by atoms with Crippen molar-refractivity contribution in [3.05, 3.63) is 0 Å². The van der Waals surface area contributed by atoms with E-state index >= 15 is 0 Å². The second-order valence-corrected chi connectivity index (χ2v) is 5.99. The molecule has 0 radical (unpaired) electrons. The summed E-state index contributed by atoms with van der Waals surface area (Å²) >= 11 is 3.64. The first-order chi connectivity index (χ1) is 8.15. The maximum atomic E-state index is 6.22. The molecule has 0 bridgehead atoms. The van der Waals surface area contributed by atoms with E-state index in [9.17, 15) is 0 Å². The molecule has 1 saturated carbocycles. The van der Waals surface area contributed by atoms with Crippen LogP contribution in [0.3, 0.4) is 0 Å². The Morgan fingerprint density at radius 2 is 2.00 bits per heavy atom. The molecule has 0 saturated heterocycles. The number of halogens is 1. The summed E-state index contributed by atoms with van der Waals surface area (Å²) < 4.78 is 11.4. The van der Waals surface area contributed by atoms with Gasteiger partial charge in [0.05, 0.1) is 18.3 Å². The Kier molecular flexibility index (Phi) is 7.05. The molecule has 0 aliphatic heterocycles. The van der Waals surface area contributed by atoms with Gasteiger partial charge in [0.1, 0.15) is 0 Å². The SMILES string of the molecule is CCCC1CCC(CBr)(OC(C)COC)CC1. The number of methoxy groups -OCH3 is 1. The molecule has 0 amide bonds. The van der Waals surface area contributed by atoms with Crippen LogP contribution in [0.1, 0.15) is 52.4 Å². The molecule has 0 aromatic rings. The summed E-state index contributed by atoms with van der Waals surface area (Å²) in [6.07, 6.45) is 7.91. The maximum Gasteiger partial charge on any atom is 0.0788 e. The molecule has 0 aromatic heterocycles. The summed E-state index contributed by atoms with van der Waals surface area (Å²) in [5, 5.41) is 0.951. The average molecular weight is 307 g/mol. The van der Waals surface area contributed by atoms with Crippen molar-refractivity contribution in [2.75, 3.05) is 19.0 Å². The van der Waals surface area contributed by atoms with Crippen LogP contribution >= 0.6 is 15.9 Å². The first-order valence-corrected chi connectivity index (χ1v) is 8.00. The van der Waals surface area contributed by atoms with Gasteiger partial charge >= 0.3 is 0 Å². The molecular formula is C14H27BrO2. The van der Waals surface area contributed by atoms with Gasteiger partial charge < -0.3 is 9.47 Å². The smallest absolute Gasteiger partial charge is 0.0788 e. The predicted molar refractivity (Wildman–Crippen MR) is 75.8 cm³/mol. The molecule has 1 atom stereocenters. The van der Waals surface area contributed by atoms with Crippen LogP contribution in [0.25, 0.3) is 0 Å². The van der Waals surface area contributed by atoms with E-state index in [0.29, 0.717) is 6.61 Å². The summed E-state index contributed by atoms with van der Waals surface area (Å²) in [6.45, 7) is 5.07. The van der Waals surface area contributed by atoms with Crippen molar-refractivity contribution in [2.45, 2.75) is 64.1 Å². The molecule has 0 N–H and O–H groups in total. The highest BCUT2D eigenvalue weighted by Gasteiger charge is 2.36. The number of hydrogen-bond donors (Lipinski definition) is 0. The van der Waals surface area contributed by atoms with Gasteiger partial charge in [-0.1, -0.05) is 35.7 Å². The van der Waals surface area contributed by atoms with Crippen LogP contribution in [0.2, 0.25) is 0 Å². The fourth-order valence-electron chi connectivity index (χ4n) is 2.88. The van der Waals surface area contributed by atoms with E-state index in [0.717, 1.165) is 11.2 Å². The summed E-state index contributed by atoms with van der Waals surface area (Å²) in [4.78, 5) is 0. The molecule has 0 heterocycles. The Morgan fingerprint density at radius 3 is 2.47 bits per heavy atom. The van der Waals surface area contributed by atoms with Gasteiger partial charge in [-0.25, -0.2) is 0 Å². The highest BCUT2D eigenvalue weighted by Crippen LogP contribution is 2.38. The number of hydrogen-bond acceptors (Lipinski definition) is 2. The van der Waals surface area contributed by atoms with E-state index in [4.69, 9.17) is 9.47 Å². The molecule has 17 heavy (non-hydrogen) atoms. The van der Waals surface area contributed by atoms with Crippen molar-refractivity contribution in [2.24, 2.45) is 5.92 Å². The zero-order valence-electron chi connectivity index (χ0n) is 11.5. The van der Waals surface area contributed by atoms with E-state index in [1.807, 2.05) is 0 Å². The minimum atomic E-state index is 0.0577. The van der Waals surface area contributed by atoms with Crippen molar-refractivity contribution >= 4 is 15.9 Å².